The van der Waals surface area contributed by atoms with E-state index in [0.29, 0.717) is 6.42 Å². The van der Waals surface area contributed by atoms with Crippen molar-refractivity contribution in [1.82, 2.24) is 4.98 Å². The summed E-state index contributed by atoms with van der Waals surface area (Å²) >= 11 is 1.60. The van der Waals surface area contributed by atoms with Crippen molar-refractivity contribution in [2.45, 2.75) is 32.3 Å². The van der Waals surface area contributed by atoms with Gasteiger partial charge < -0.3 is 10.2 Å². The summed E-state index contributed by atoms with van der Waals surface area (Å²) in [5.41, 5.74) is 0.952. The minimum absolute atomic E-state index is 0.214. The molecule has 0 aliphatic heterocycles. The molecule has 0 saturated heterocycles. The third-order valence-electron chi connectivity index (χ3n) is 1.65. The van der Waals surface area contributed by atoms with Gasteiger partial charge >= 0.3 is 0 Å². The number of aliphatic hydroxyl groups excluding tert-OH is 2. The molecule has 0 fully saturated rings. The van der Waals surface area contributed by atoms with E-state index in [-0.39, 0.29) is 12.7 Å². The quantitative estimate of drug-likeness (QED) is 0.747. The largest absolute Gasteiger partial charge is 0.396 e. The van der Waals surface area contributed by atoms with Crippen molar-refractivity contribution in [2.24, 2.45) is 0 Å². The first-order chi connectivity index (χ1) is 6.22. The molecule has 1 aromatic rings. The molecule has 0 aliphatic carbocycles. The Morgan fingerprint density at radius 3 is 3.00 bits per heavy atom. The second-order valence-electron chi connectivity index (χ2n) is 3.11. The fourth-order valence-corrected chi connectivity index (χ4v) is 1.94. The highest BCUT2D eigenvalue weighted by Crippen LogP contribution is 2.12. The van der Waals surface area contributed by atoms with E-state index in [1.165, 1.54) is 0 Å². The van der Waals surface area contributed by atoms with Crippen molar-refractivity contribution in [3.8, 4) is 0 Å². The average Bonchev–Trinajstić information content (AvgIpc) is 2.48. The van der Waals surface area contributed by atoms with Gasteiger partial charge in [0.2, 0.25) is 0 Å². The Morgan fingerprint density at radius 2 is 2.38 bits per heavy atom. The van der Waals surface area contributed by atoms with Crippen LogP contribution in [0.15, 0.2) is 5.38 Å². The van der Waals surface area contributed by atoms with Gasteiger partial charge in [-0.3, -0.25) is 0 Å². The molecule has 1 rings (SSSR count). The Balaban J connectivity index is 2.44. The van der Waals surface area contributed by atoms with Crippen LogP contribution in [0, 0.1) is 0 Å². The van der Waals surface area contributed by atoms with Crippen LogP contribution < -0.4 is 0 Å². The van der Waals surface area contributed by atoms with Gasteiger partial charge in [-0.05, 0) is 13.3 Å². The molecule has 13 heavy (non-hydrogen) atoms. The Labute approximate surface area is 82.1 Å². The minimum Gasteiger partial charge on any atom is -0.396 e. The molecule has 1 unspecified atom stereocenters. The molecular weight excluding hydrogens is 186 g/mol. The third kappa shape index (κ3) is 3.85. The standard InChI is InChI=1S/C9H15NO2S/c1-7(12)5-8-6-13-9(10-8)3-2-4-11/h6-7,11-12H,2-5H2,1H3. The lowest BCUT2D eigenvalue weighted by Gasteiger charge is -1.98. The second kappa shape index (κ2) is 5.32. The number of rotatable bonds is 5. The van der Waals surface area contributed by atoms with Crippen LogP contribution in [0.25, 0.3) is 0 Å². The topological polar surface area (TPSA) is 53.4 Å². The molecule has 1 aromatic heterocycles. The zero-order valence-electron chi connectivity index (χ0n) is 7.73. The van der Waals surface area contributed by atoms with E-state index < -0.39 is 0 Å². The first-order valence-electron chi connectivity index (χ1n) is 4.44. The van der Waals surface area contributed by atoms with E-state index in [1.54, 1.807) is 18.3 Å². The molecule has 0 aromatic carbocycles. The number of hydrogen-bond donors (Lipinski definition) is 2. The molecule has 74 valence electrons. The first kappa shape index (κ1) is 10.6. The summed E-state index contributed by atoms with van der Waals surface area (Å²) in [4.78, 5) is 4.34. The summed E-state index contributed by atoms with van der Waals surface area (Å²) in [5.74, 6) is 0. The maximum absolute atomic E-state index is 9.12. The highest BCUT2D eigenvalue weighted by molar-refractivity contribution is 7.09. The predicted molar refractivity (Wildman–Crippen MR) is 52.9 cm³/mol. The maximum Gasteiger partial charge on any atom is 0.0929 e. The number of thiazole rings is 1. The molecule has 0 spiro atoms. The van der Waals surface area contributed by atoms with Crippen molar-refractivity contribution in [3.05, 3.63) is 16.1 Å². The summed E-state index contributed by atoms with van der Waals surface area (Å²) in [6, 6.07) is 0. The van der Waals surface area contributed by atoms with Crippen LogP contribution >= 0.6 is 11.3 Å². The summed E-state index contributed by atoms with van der Waals surface area (Å²) in [7, 11) is 0. The number of aliphatic hydroxyl groups is 2. The summed E-state index contributed by atoms with van der Waals surface area (Å²) in [6.45, 7) is 1.97. The molecule has 0 aliphatic rings. The Morgan fingerprint density at radius 1 is 1.62 bits per heavy atom. The monoisotopic (exact) mass is 201 g/mol. The number of aromatic nitrogens is 1. The van der Waals surface area contributed by atoms with Crippen molar-refractivity contribution < 1.29 is 10.2 Å². The molecule has 0 bridgehead atoms. The molecule has 0 radical (unpaired) electrons. The molecule has 0 saturated carbocycles. The van der Waals surface area contributed by atoms with Gasteiger partial charge in [0.15, 0.2) is 0 Å². The smallest absolute Gasteiger partial charge is 0.0929 e. The molecule has 1 heterocycles. The van der Waals surface area contributed by atoms with Crippen LogP contribution in [0.1, 0.15) is 24.0 Å². The number of hydrogen-bond acceptors (Lipinski definition) is 4. The van der Waals surface area contributed by atoms with Crippen molar-refractivity contribution in [2.75, 3.05) is 6.61 Å². The molecule has 2 N–H and O–H groups in total. The van der Waals surface area contributed by atoms with Gasteiger partial charge in [-0.2, -0.15) is 0 Å². The Hall–Kier alpha value is -0.450. The van der Waals surface area contributed by atoms with Crippen LogP contribution in [0.5, 0.6) is 0 Å². The van der Waals surface area contributed by atoms with Crippen LogP contribution in [0.2, 0.25) is 0 Å². The lowest BCUT2D eigenvalue weighted by atomic mass is 10.2. The van der Waals surface area contributed by atoms with Crippen molar-refractivity contribution in [3.63, 3.8) is 0 Å². The summed E-state index contributed by atoms with van der Waals surface area (Å²) in [6.07, 6.45) is 1.89. The van der Waals surface area contributed by atoms with Crippen LogP contribution in [-0.4, -0.2) is 27.9 Å². The average molecular weight is 201 g/mol. The van der Waals surface area contributed by atoms with Crippen molar-refractivity contribution in [1.29, 1.82) is 0 Å². The van der Waals surface area contributed by atoms with Crippen LogP contribution in [0.4, 0.5) is 0 Å². The van der Waals surface area contributed by atoms with Gasteiger partial charge in [0, 0.05) is 24.8 Å². The van der Waals surface area contributed by atoms with Gasteiger partial charge in [0.25, 0.3) is 0 Å². The molecular formula is C9H15NO2S. The number of nitrogens with zero attached hydrogens (tertiary/aromatic N) is 1. The van der Waals surface area contributed by atoms with E-state index >= 15 is 0 Å². The fraction of sp³-hybridized carbons (Fsp3) is 0.667. The highest BCUT2D eigenvalue weighted by atomic mass is 32.1. The normalized spacial score (nSPS) is 13.2. The second-order valence-corrected chi connectivity index (χ2v) is 4.06. The summed E-state index contributed by atoms with van der Waals surface area (Å²) in [5, 5.41) is 20.8. The predicted octanol–water partition coefficient (Wildman–Crippen LogP) is 0.991. The minimum atomic E-state index is -0.326. The van der Waals surface area contributed by atoms with Crippen LogP contribution in [-0.2, 0) is 12.8 Å². The zero-order chi connectivity index (χ0) is 9.68. The van der Waals surface area contributed by atoms with Gasteiger partial charge in [-0.15, -0.1) is 11.3 Å². The van der Waals surface area contributed by atoms with Crippen LogP contribution in [0.3, 0.4) is 0 Å². The molecule has 4 heteroatoms. The van der Waals surface area contributed by atoms with E-state index in [4.69, 9.17) is 10.2 Å². The highest BCUT2D eigenvalue weighted by Gasteiger charge is 2.04. The fourth-order valence-electron chi connectivity index (χ4n) is 1.09. The van der Waals surface area contributed by atoms with E-state index in [2.05, 4.69) is 4.98 Å². The third-order valence-corrected chi connectivity index (χ3v) is 2.61. The SMILES string of the molecule is CC(O)Cc1csc(CCCO)n1. The maximum atomic E-state index is 9.12. The molecule has 1 atom stereocenters. The van der Waals surface area contributed by atoms with Gasteiger partial charge in [0.05, 0.1) is 16.8 Å². The number of aryl methyl sites for hydroxylation is 1. The molecule has 3 nitrogen and oxygen atoms in total. The van der Waals surface area contributed by atoms with E-state index in [1.807, 2.05) is 5.38 Å². The Bertz CT molecular complexity index is 248. The summed E-state index contributed by atoms with van der Waals surface area (Å²) < 4.78 is 0. The van der Waals surface area contributed by atoms with E-state index in [0.717, 1.165) is 23.5 Å². The molecule has 0 amide bonds. The van der Waals surface area contributed by atoms with E-state index in [9.17, 15) is 0 Å². The Kier molecular flexibility index (Phi) is 4.35. The van der Waals surface area contributed by atoms with Gasteiger partial charge in [0.1, 0.15) is 0 Å². The lowest BCUT2D eigenvalue weighted by molar-refractivity contribution is 0.194. The first-order valence-corrected chi connectivity index (χ1v) is 5.32. The van der Waals surface area contributed by atoms with Gasteiger partial charge in [-0.1, -0.05) is 0 Å². The van der Waals surface area contributed by atoms with Crippen molar-refractivity contribution >= 4 is 11.3 Å². The van der Waals surface area contributed by atoms with Gasteiger partial charge in [-0.25, -0.2) is 4.98 Å². The lowest BCUT2D eigenvalue weighted by Crippen LogP contribution is -2.04. The zero-order valence-corrected chi connectivity index (χ0v) is 8.55.